The van der Waals surface area contributed by atoms with Gasteiger partial charge in [0.1, 0.15) is 5.01 Å². The second-order valence-corrected chi connectivity index (χ2v) is 7.90. The highest BCUT2D eigenvalue weighted by Crippen LogP contribution is 2.31. The van der Waals surface area contributed by atoms with Gasteiger partial charge in [-0.15, -0.1) is 17.9 Å². The average Bonchev–Trinajstić information content (AvgIpc) is 3.14. The number of ether oxygens (including phenoxy) is 1. The van der Waals surface area contributed by atoms with Crippen molar-refractivity contribution in [2.24, 2.45) is 0 Å². The third kappa shape index (κ3) is 8.23. The number of carbonyl (C=O) groups excluding carboxylic acids is 1. The Balaban J connectivity index is 2.52. The van der Waals surface area contributed by atoms with E-state index in [-0.39, 0.29) is 0 Å². The molecule has 0 fully saturated rings. The zero-order valence-electron chi connectivity index (χ0n) is 17.1. The SMILES string of the molecule is C=CCC=CCc1csc(C(C)(C)[C@H](O)CC=CC(=C)CCNC(=O)OC)n1. The number of hydrogen-bond acceptors (Lipinski definition) is 5. The second-order valence-electron chi connectivity index (χ2n) is 7.05. The molecule has 1 amide bonds. The van der Waals surface area contributed by atoms with E-state index >= 15 is 0 Å². The van der Waals surface area contributed by atoms with Crippen molar-refractivity contribution in [3.05, 3.63) is 65.2 Å². The second kappa shape index (κ2) is 12.3. The summed E-state index contributed by atoms with van der Waals surface area (Å²) in [5.41, 5.74) is 1.46. The van der Waals surface area contributed by atoms with Crippen LogP contribution in [0.5, 0.6) is 0 Å². The molecule has 0 bridgehead atoms. The van der Waals surface area contributed by atoms with E-state index in [4.69, 9.17) is 4.98 Å². The summed E-state index contributed by atoms with van der Waals surface area (Å²) in [5.74, 6) is 0. The van der Waals surface area contributed by atoms with Gasteiger partial charge in [0.25, 0.3) is 0 Å². The molecule has 0 aromatic carbocycles. The van der Waals surface area contributed by atoms with Crippen molar-refractivity contribution in [2.75, 3.05) is 13.7 Å². The Morgan fingerprint density at radius 2 is 2.18 bits per heavy atom. The number of alkyl carbamates (subject to hydrolysis) is 1. The van der Waals surface area contributed by atoms with Crippen LogP contribution < -0.4 is 5.32 Å². The van der Waals surface area contributed by atoms with Gasteiger partial charge in [0.2, 0.25) is 0 Å². The van der Waals surface area contributed by atoms with Crippen LogP contribution in [-0.4, -0.2) is 35.9 Å². The van der Waals surface area contributed by atoms with E-state index in [2.05, 4.69) is 35.4 Å². The number of methoxy groups -OCH3 is 1. The molecule has 0 unspecified atom stereocenters. The normalized spacial score (nSPS) is 13.0. The molecule has 0 aliphatic heterocycles. The molecular weight excluding hydrogens is 372 g/mol. The van der Waals surface area contributed by atoms with Gasteiger partial charge < -0.3 is 15.2 Å². The van der Waals surface area contributed by atoms with Crippen molar-refractivity contribution >= 4 is 17.4 Å². The monoisotopic (exact) mass is 404 g/mol. The van der Waals surface area contributed by atoms with Crippen LogP contribution in [0.2, 0.25) is 0 Å². The first kappa shape index (κ1) is 23.9. The summed E-state index contributed by atoms with van der Waals surface area (Å²) in [5, 5.41) is 16.3. The molecule has 1 atom stereocenters. The minimum absolute atomic E-state index is 0.439. The van der Waals surface area contributed by atoms with Crippen molar-refractivity contribution < 1.29 is 14.6 Å². The molecule has 1 heterocycles. The maximum absolute atomic E-state index is 11.0. The first-order valence-corrected chi connectivity index (χ1v) is 10.2. The van der Waals surface area contributed by atoms with E-state index in [1.54, 1.807) is 11.3 Å². The lowest BCUT2D eigenvalue weighted by Crippen LogP contribution is -2.33. The fourth-order valence-corrected chi connectivity index (χ4v) is 3.38. The van der Waals surface area contributed by atoms with Gasteiger partial charge in [0.05, 0.1) is 18.9 Å². The summed E-state index contributed by atoms with van der Waals surface area (Å²) in [7, 11) is 1.33. The van der Waals surface area contributed by atoms with Gasteiger partial charge >= 0.3 is 6.09 Å². The number of rotatable bonds is 12. The Kier molecular flexibility index (Phi) is 10.5. The number of allylic oxidation sites excluding steroid dienone is 4. The number of carbonyl (C=O) groups is 1. The zero-order chi connectivity index (χ0) is 21.0. The summed E-state index contributed by atoms with van der Waals surface area (Å²) in [6.07, 6.45) is 11.6. The maximum atomic E-state index is 11.0. The van der Waals surface area contributed by atoms with Gasteiger partial charge in [-0.2, -0.15) is 0 Å². The van der Waals surface area contributed by atoms with E-state index in [1.165, 1.54) is 7.11 Å². The number of nitrogens with zero attached hydrogens (tertiary/aromatic N) is 1. The zero-order valence-corrected chi connectivity index (χ0v) is 17.9. The van der Waals surface area contributed by atoms with Crippen molar-refractivity contribution in [1.29, 1.82) is 0 Å². The lowest BCUT2D eigenvalue weighted by molar-refractivity contribution is 0.102. The van der Waals surface area contributed by atoms with E-state index in [0.717, 1.165) is 29.1 Å². The highest BCUT2D eigenvalue weighted by molar-refractivity contribution is 7.09. The van der Waals surface area contributed by atoms with Crippen molar-refractivity contribution in [1.82, 2.24) is 10.3 Å². The molecule has 1 aromatic heterocycles. The predicted octanol–water partition coefficient (Wildman–Crippen LogP) is 4.71. The standard InChI is InChI=1S/C22H32N2O3S/c1-6-7-8-9-12-18-16-28-20(24-18)22(3,4)19(25)13-10-11-17(2)14-15-23-21(26)27-5/h6,8-11,16,19,25H,1-2,7,12-15H2,3-5H3,(H,23,26)/t19-/m1/s1. The average molecular weight is 405 g/mol. The van der Waals surface area contributed by atoms with Crippen molar-refractivity contribution in [2.45, 2.75) is 51.0 Å². The third-order valence-electron chi connectivity index (χ3n) is 4.35. The van der Waals surface area contributed by atoms with Crippen LogP contribution in [0.4, 0.5) is 4.79 Å². The van der Waals surface area contributed by atoms with Gasteiger partial charge in [-0.25, -0.2) is 9.78 Å². The number of aromatic nitrogens is 1. The first-order chi connectivity index (χ1) is 13.3. The van der Waals surface area contributed by atoms with Crippen LogP contribution in [0.1, 0.15) is 43.8 Å². The number of amides is 1. The van der Waals surface area contributed by atoms with Crippen LogP contribution in [-0.2, 0) is 16.6 Å². The fourth-order valence-electron chi connectivity index (χ4n) is 2.37. The molecule has 0 aliphatic rings. The summed E-state index contributed by atoms with van der Waals surface area (Å²) in [6.45, 7) is 12.1. The van der Waals surface area contributed by atoms with Gasteiger partial charge in [0, 0.05) is 23.8 Å². The molecule has 0 saturated heterocycles. The summed E-state index contributed by atoms with van der Waals surface area (Å²) >= 11 is 1.59. The lowest BCUT2D eigenvalue weighted by atomic mass is 9.85. The highest BCUT2D eigenvalue weighted by atomic mass is 32.1. The smallest absolute Gasteiger partial charge is 0.406 e. The Hall–Kier alpha value is -2.18. The van der Waals surface area contributed by atoms with E-state index in [1.807, 2.05) is 37.5 Å². The minimum Gasteiger partial charge on any atom is -0.453 e. The van der Waals surface area contributed by atoms with E-state index in [9.17, 15) is 9.90 Å². The molecule has 6 heteroatoms. The van der Waals surface area contributed by atoms with Crippen LogP contribution in [0, 0.1) is 0 Å². The molecule has 0 spiro atoms. The third-order valence-corrected chi connectivity index (χ3v) is 5.58. The van der Waals surface area contributed by atoms with Crippen LogP contribution in [0.25, 0.3) is 0 Å². The number of nitrogens with one attached hydrogen (secondary N) is 1. The predicted molar refractivity (Wildman–Crippen MR) is 117 cm³/mol. The number of hydrogen-bond donors (Lipinski definition) is 2. The Bertz CT molecular complexity index is 704. The quantitative estimate of drug-likeness (QED) is 0.391. The van der Waals surface area contributed by atoms with Gasteiger partial charge in [-0.1, -0.05) is 56.4 Å². The Labute approximate surface area is 172 Å². The van der Waals surface area contributed by atoms with Gasteiger partial charge in [0.15, 0.2) is 0 Å². The van der Waals surface area contributed by atoms with Crippen LogP contribution in [0.15, 0.2) is 54.5 Å². The number of aliphatic hydroxyl groups is 1. The van der Waals surface area contributed by atoms with Gasteiger partial charge in [-0.05, 0) is 19.3 Å². The summed E-state index contributed by atoms with van der Waals surface area (Å²) in [4.78, 5) is 15.7. The molecule has 154 valence electrons. The molecule has 0 radical (unpaired) electrons. The molecule has 28 heavy (non-hydrogen) atoms. The number of aliphatic hydroxyl groups excluding tert-OH is 1. The minimum atomic E-state index is -0.556. The lowest BCUT2D eigenvalue weighted by Gasteiger charge is -2.27. The van der Waals surface area contributed by atoms with Crippen LogP contribution in [0.3, 0.4) is 0 Å². The number of thiazole rings is 1. The molecular formula is C22H32N2O3S. The van der Waals surface area contributed by atoms with E-state index < -0.39 is 17.6 Å². The Morgan fingerprint density at radius 3 is 2.86 bits per heavy atom. The van der Waals surface area contributed by atoms with E-state index in [0.29, 0.717) is 19.4 Å². The Morgan fingerprint density at radius 1 is 1.43 bits per heavy atom. The highest BCUT2D eigenvalue weighted by Gasteiger charge is 2.32. The maximum Gasteiger partial charge on any atom is 0.406 e. The largest absolute Gasteiger partial charge is 0.453 e. The van der Waals surface area contributed by atoms with Crippen molar-refractivity contribution in [3.8, 4) is 0 Å². The molecule has 5 nitrogen and oxygen atoms in total. The topological polar surface area (TPSA) is 71.5 Å². The molecule has 1 rings (SSSR count). The fraction of sp³-hybridized carbons (Fsp3) is 0.455. The summed E-state index contributed by atoms with van der Waals surface area (Å²) < 4.78 is 4.51. The van der Waals surface area contributed by atoms with Crippen LogP contribution >= 0.6 is 11.3 Å². The molecule has 1 aromatic rings. The first-order valence-electron chi connectivity index (χ1n) is 9.36. The summed E-state index contributed by atoms with van der Waals surface area (Å²) in [6, 6.07) is 0. The molecule has 0 aliphatic carbocycles. The van der Waals surface area contributed by atoms with Gasteiger partial charge in [-0.3, -0.25) is 0 Å². The molecule has 0 saturated carbocycles. The molecule has 2 N–H and O–H groups in total. The van der Waals surface area contributed by atoms with Crippen molar-refractivity contribution in [3.63, 3.8) is 0 Å².